The van der Waals surface area contributed by atoms with Crippen LogP contribution in [-0.2, 0) is 10.9 Å². The smallest absolute Gasteiger partial charge is 0.346 e. The number of aromatic carboxylic acids is 1. The summed E-state index contributed by atoms with van der Waals surface area (Å²) in [6, 6.07) is 12.4. The van der Waals surface area contributed by atoms with Crippen LogP contribution in [0.5, 0.6) is 0 Å². The Bertz CT molecular complexity index is 1090. The molecule has 140 valence electrons. The normalized spacial score (nSPS) is 11.0. The first kappa shape index (κ1) is 19.4. The molecule has 27 heavy (non-hydrogen) atoms. The zero-order valence-corrected chi connectivity index (χ0v) is 16.9. The van der Waals surface area contributed by atoms with Crippen LogP contribution < -0.4 is 4.72 Å². The predicted octanol–water partition coefficient (Wildman–Crippen LogP) is 4.99. The summed E-state index contributed by atoms with van der Waals surface area (Å²) >= 11 is 7.16. The number of hydrogen-bond acceptors (Lipinski definition) is 4. The van der Waals surface area contributed by atoms with Crippen molar-refractivity contribution in [2.45, 2.75) is 13.8 Å². The molecule has 2 N–H and O–H groups in total. The highest BCUT2D eigenvalue weighted by Crippen LogP contribution is 2.42. The first-order chi connectivity index (χ1) is 12.8. The second-order valence-corrected chi connectivity index (χ2v) is 8.17. The molecule has 3 rings (SSSR count). The van der Waals surface area contributed by atoms with Gasteiger partial charge in [0.15, 0.2) is 0 Å². The summed E-state index contributed by atoms with van der Waals surface area (Å²) in [6.07, 6.45) is 0. The molecule has 0 aliphatic rings. The van der Waals surface area contributed by atoms with Crippen LogP contribution in [-0.4, -0.2) is 19.5 Å². The van der Waals surface area contributed by atoms with E-state index in [9.17, 15) is 18.3 Å². The standard InChI is InChI=1S/C19H16ClNO4S2/c1-10-9-13(5-8-15(10)21-27(24)25)16-11(2)17(26-18(16)19(22)23)12-3-6-14(20)7-4-12/h3-9,27H,1-2H3,(H,22,23)(H,21,24,25). The highest BCUT2D eigenvalue weighted by molar-refractivity contribution is 7.73. The highest BCUT2D eigenvalue weighted by Gasteiger charge is 2.22. The minimum atomic E-state index is -2.76. The first-order valence-corrected chi connectivity index (χ1v) is 10.3. The van der Waals surface area contributed by atoms with E-state index in [4.69, 9.17) is 11.6 Å². The third-order valence-electron chi connectivity index (χ3n) is 4.17. The molecule has 0 aliphatic heterocycles. The molecule has 0 saturated heterocycles. The Morgan fingerprint density at radius 3 is 2.26 bits per heavy atom. The van der Waals surface area contributed by atoms with Crippen molar-refractivity contribution in [2.24, 2.45) is 0 Å². The van der Waals surface area contributed by atoms with Gasteiger partial charge in [0.1, 0.15) is 4.88 Å². The molecule has 3 aromatic rings. The lowest BCUT2D eigenvalue weighted by atomic mass is 9.97. The second-order valence-electron chi connectivity index (χ2n) is 5.97. The summed E-state index contributed by atoms with van der Waals surface area (Å²) in [5.41, 5.74) is 4.30. The Morgan fingerprint density at radius 1 is 1.07 bits per heavy atom. The fraction of sp³-hybridized carbons (Fsp3) is 0.105. The van der Waals surface area contributed by atoms with Gasteiger partial charge in [-0.2, -0.15) is 0 Å². The van der Waals surface area contributed by atoms with Gasteiger partial charge in [0, 0.05) is 15.5 Å². The third-order valence-corrected chi connectivity index (χ3v) is 6.18. The quantitative estimate of drug-likeness (QED) is 0.507. The number of hydrogen-bond donors (Lipinski definition) is 3. The maximum Gasteiger partial charge on any atom is 0.346 e. The van der Waals surface area contributed by atoms with Crippen LogP contribution in [0.3, 0.4) is 0 Å². The summed E-state index contributed by atoms with van der Waals surface area (Å²) in [7, 11) is -2.76. The van der Waals surface area contributed by atoms with Gasteiger partial charge in [0.05, 0.1) is 5.69 Å². The summed E-state index contributed by atoms with van der Waals surface area (Å²) in [4.78, 5) is 12.9. The summed E-state index contributed by atoms with van der Waals surface area (Å²) in [5.74, 6) is -0.999. The van der Waals surface area contributed by atoms with Gasteiger partial charge in [0.25, 0.3) is 0 Å². The minimum absolute atomic E-state index is 0.243. The molecule has 1 heterocycles. The topological polar surface area (TPSA) is 83.5 Å². The molecular weight excluding hydrogens is 406 g/mol. The van der Waals surface area contributed by atoms with Crippen molar-refractivity contribution in [3.8, 4) is 21.6 Å². The number of carboxylic acid groups (broad SMARTS) is 1. The van der Waals surface area contributed by atoms with E-state index < -0.39 is 16.9 Å². The molecule has 0 aliphatic carbocycles. The second kappa shape index (κ2) is 7.72. The summed E-state index contributed by atoms with van der Waals surface area (Å²) in [6.45, 7) is 3.66. The van der Waals surface area contributed by atoms with E-state index in [1.165, 1.54) is 11.3 Å². The van der Waals surface area contributed by atoms with Crippen molar-refractivity contribution in [3.05, 3.63) is 63.5 Å². The highest BCUT2D eigenvalue weighted by atomic mass is 35.5. The van der Waals surface area contributed by atoms with Crippen molar-refractivity contribution in [1.82, 2.24) is 0 Å². The van der Waals surface area contributed by atoms with E-state index in [0.717, 1.165) is 21.6 Å². The minimum Gasteiger partial charge on any atom is -0.477 e. The molecular formula is C19H16ClNO4S2. The van der Waals surface area contributed by atoms with Gasteiger partial charge >= 0.3 is 5.97 Å². The molecule has 0 bridgehead atoms. The van der Waals surface area contributed by atoms with Gasteiger partial charge in [0.2, 0.25) is 10.9 Å². The monoisotopic (exact) mass is 421 g/mol. The number of nitrogens with one attached hydrogen (secondary N) is 1. The Hall–Kier alpha value is -2.35. The molecule has 0 saturated carbocycles. The number of carboxylic acids is 1. The van der Waals surface area contributed by atoms with Crippen molar-refractivity contribution in [3.63, 3.8) is 0 Å². The Morgan fingerprint density at radius 2 is 1.70 bits per heavy atom. The largest absolute Gasteiger partial charge is 0.477 e. The summed E-state index contributed by atoms with van der Waals surface area (Å²) < 4.78 is 24.2. The lowest BCUT2D eigenvalue weighted by molar-refractivity contribution is 0.0703. The van der Waals surface area contributed by atoms with Crippen LogP contribution in [0.25, 0.3) is 21.6 Å². The SMILES string of the molecule is Cc1cc(-c2c(C(=O)O)sc(-c3ccc(Cl)cc3)c2C)ccc1N[SH](=O)=O. The fourth-order valence-corrected chi connectivity index (χ4v) is 4.68. The van der Waals surface area contributed by atoms with E-state index >= 15 is 0 Å². The van der Waals surface area contributed by atoms with Crippen molar-refractivity contribution < 1.29 is 18.3 Å². The van der Waals surface area contributed by atoms with Crippen LogP contribution in [0, 0.1) is 13.8 Å². The van der Waals surface area contributed by atoms with Gasteiger partial charge in [-0.05, 0) is 60.4 Å². The van der Waals surface area contributed by atoms with Crippen LogP contribution in [0.4, 0.5) is 5.69 Å². The summed E-state index contributed by atoms with van der Waals surface area (Å²) in [5, 5.41) is 10.3. The predicted molar refractivity (Wildman–Crippen MR) is 111 cm³/mol. The van der Waals surface area contributed by atoms with Gasteiger partial charge in [-0.1, -0.05) is 29.8 Å². The Kier molecular flexibility index (Phi) is 5.55. The van der Waals surface area contributed by atoms with Crippen LogP contribution in [0.1, 0.15) is 20.8 Å². The number of halogens is 1. The number of anilines is 1. The number of aryl methyl sites for hydroxylation is 1. The van der Waals surface area contributed by atoms with Gasteiger partial charge in [-0.25, -0.2) is 13.2 Å². The lowest BCUT2D eigenvalue weighted by Crippen LogP contribution is -1.99. The number of rotatable bonds is 5. The number of benzene rings is 2. The number of thiol groups is 1. The lowest BCUT2D eigenvalue weighted by Gasteiger charge is -2.09. The van der Waals surface area contributed by atoms with Crippen LogP contribution in [0.2, 0.25) is 5.02 Å². The molecule has 0 radical (unpaired) electrons. The van der Waals surface area contributed by atoms with E-state index in [0.29, 0.717) is 21.8 Å². The average Bonchev–Trinajstić information content (AvgIpc) is 2.95. The van der Waals surface area contributed by atoms with Crippen LogP contribution >= 0.6 is 22.9 Å². The maximum absolute atomic E-state index is 11.8. The van der Waals surface area contributed by atoms with E-state index in [-0.39, 0.29) is 4.88 Å². The molecule has 0 spiro atoms. The van der Waals surface area contributed by atoms with Crippen LogP contribution in [0.15, 0.2) is 42.5 Å². The number of carbonyl (C=O) groups is 1. The zero-order valence-electron chi connectivity index (χ0n) is 14.4. The van der Waals surface area contributed by atoms with Crippen molar-refractivity contribution >= 4 is 45.5 Å². The van der Waals surface area contributed by atoms with E-state index in [2.05, 4.69) is 4.72 Å². The molecule has 0 amide bonds. The van der Waals surface area contributed by atoms with E-state index in [1.807, 2.05) is 19.1 Å². The first-order valence-electron chi connectivity index (χ1n) is 7.92. The molecule has 0 unspecified atom stereocenters. The number of thiophene rings is 1. The molecule has 2 aromatic carbocycles. The van der Waals surface area contributed by atoms with Gasteiger partial charge < -0.3 is 5.11 Å². The molecule has 0 fully saturated rings. The zero-order chi connectivity index (χ0) is 19.7. The van der Waals surface area contributed by atoms with Gasteiger partial charge in [-0.15, -0.1) is 11.3 Å². The van der Waals surface area contributed by atoms with Crippen molar-refractivity contribution in [2.75, 3.05) is 4.72 Å². The van der Waals surface area contributed by atoms with Crippen molar-refractivity contribution in [1.29, 1.82) is 0 Å². The molecule has 5 nitrogen and oxygen atoms in total. The Balaban J connectivity index is 2.16. The average molecular weight is 422 g/mol. The fourth-order valence-electron chi connectivity index (χ4n) is 2.93. The molecule has 8 heteroatoms. The molecule has 0 atom stereocenters. The molecule has 1 aromatic heterocycles. The van der Waals surface area contributed by atoms with Gasteiger partial charge in [-0.3, -0.25) is 4.72 Å². The maximum atomic E-state index is 11.8. The van der Waals surface area contributed by atoms with E-state index in [1.54, 1.807) is 37.3 Å². The third kappa shape index (κ3) is 4.00. The Labute approximate surface area is 167 Å².